The van der Waals surface area contributed by atoms with Gasteiger partial charge >= 0.3 is 11.8 Å². The van der Waals surface area contributed by atoms with E-state index in [1.54, 1.807) is 0 Å². The first-order valence-corrected chi connectivity index (χ1v) is 7.38. The molecule has 0 saturated heterocycles. The van der Waals surface area contributed by atoms with Crippen LogP contribution in [0.15, 0.2) is 21.3 Å². The van der Waals surface area contributed by atoms with Gasteiger partial charge in [0.05, 0.1) is 23.9 Å². The molecule has 7 nitrogen and oxygen atoms in total. The number of amides is 2. The van der Waals surface area contributed by atoms with Gasteiger partial charge in [-0.2, -0.15) is 0 Å². The number of H-pyrrole nitrogens is 1. The molecule has 0 aliphatic heterocycles. The van der Waals surface area contributed by atoms with Gasteiger partial charge in [0.1, 0.15) is 5.82 Å². The number of hydrogen-bond donors (Lipinski definition) is 3. The van der Waals surface area contributed by atoms with Gasteiger partial charge in [-0.05, 0) is 12.8 Å². The van der Waals surface area contributed by atoms with Crippen LogP contribution in [0.1, 0.15) is 20.8 Å². The lowest BCUT2D eigenvalue weighted by Crippen LogP contribution is -2.44. The molecule has 0 saturated carbocycles. The topological polar surface area (TPSA) is 96.4 Å². The lowest BCUT2D eigenvalue weighted by atomic mass is 10.1. The Morgan fingerprint density at radius 3 is 2.83 bits per heavy atom. The van der Waals surface area contributed by atoms with E-state index in [0.29, 0.717) is 13.2 Å². The fraction of sp³-hybridized carbons (Fsp3) is 0.467. The summed E-state index contributed by atoms with van der Waals surface area (Å²) in [6.07, 6.45) is 0. The number of fused-ring (bicyclic) bond motifs is 1. The van der Waals surface area contributed by atoms with Crippen molar-refractivity contribution in [2.24, 2.45) is 5.92 Å². The van der Waals surface area contributed by atoms with Gasteiger partial charge in [0.15, 0.2) is 5.58 Å². The van der Waals surface area contributed by atoms with Crippen LogP contribution in [0.4, 0.5) is 14.9 Å². The first-order valence-electron chi connectivity index (χ1n) is 7.38. The van der Waals surface area contributed by atoms with Gasteiger partial charge in [0.25, 0.3) is 0 Å². The Kier molecular flexibility index (Phi) is 5.38. The summed E-state index contributed by atoms with van der Waals surface area (Å²) >= 11 is 0. The molecule has 0 bridgehead atoms. The molecule has 0 spiro atoms. The summed E-state index contributed by atoms with van der Waals surface area (Å²) in [7, 11) is 0. The fourth-order valence-corrected chi connectivity index (χ4v) is 2.04. The van der Waals surface area contributed by atoms with Crippen LogP contribution in [0.3, 0.4) is 0 Å². The van der Waals surface area contributed by atoms with E-state index in [0.717, 1.165) is 6.07 Å². The largest absolute Gasteiger partial charge is 0.417 e. The van der Waals surface area contributed by atoms with Crippen LogP contribution in [-0.2, 0) is 4.74 Å². The van der Waals surface area contributed by atoms with Gasteiger partial charge in [-0.3, -0.25) is 4.98 Å². The number of hydrogen-bond acceptors (Lipinski definition) is 4. The molecule has 0 radical (unpaired) electrons. The average molecular weight is 325 g/mol. The zero-order chi connectivity index (χ0) is 17.0. The molecular formula is C15H20FN3O4. The summed E-state index contributed by atoms with van der Waals surface area (Å²) in [6.45, 7) is 6.68. The van der Waals surface area contributed by atoms with Crippen LogP contribution in [0.5, 0.6) is 0 Å². The van der Waals surface area contributed by atoms with Crippen LogP contribution in [-0.4, -0.2) is 30.3 Å². The molecule has 0 aliphatic carbocycles. The minimum Gasteiger partial charge on any atom is -0.408 e. The van der Waals surface area contributed by atoms with Crippen molar-refractivity contribution in [1.82, 2.24) is 10.3 Å². The quantitative estimate of drug-likeness (QED) is 0.760. The number of carbonyl (C=O) groups is 1. The first-order chi connectivity index (χ1) is 10.9. The summed E-state index contributed by atoms with van der Waals surface area (Å²) in [5.41, 5.74) is 0.327. The zero-order valence-corrected chi connectivity index (χ0v) is 13.2. The highest BCUT2D eigenvalue weighted by Gasteiger charge is 2.18. The third-order valence-electron chi connectivity index (χ3n) is 3.38. The molecule has 2 amide bonds. The molecule has 1 unspecified atom stereocenters. The van der Waals surface area contributed by atoms with Gasteiger partial charge in [0, 0.05) is 18.7 Å². The van der Waals surface area contributed by atoms with E-state index >= 15 is 0 Å². The Hall–Kier alpha value is -2.35. The van der Waals surface area contributed by atoms with Crippen molar-refractivity contribution in [2.45, 2.75) is 26.8 Å². The summed E-state index contributed by atoms with van der Waals surface area (Å²) in [6, 6.07) is 1.59. The van der Waals surface area contributed by atoms with Gasteiger partial charge < -0.3 is 19.8 Å². The number of carbonyl (C=O) groups excluding carboxylic acids is 1. The van der Waals surface area contributed by atoms with Crippen molar-refractivity contribution in [1.29, 1.82) is 0 Å². The monoisotopic (exact) mass is 325 g/mol. The smallest absolute Gasteiger partial charge is 0.408 e. The molecule has 3 N–H and O–H groups in total. The molecule has 1 atom stereocenters. The van der Waals surface area contributed by atoms with E-state index in [-0.39, 0.29) is 28.7 Å². The molecule has 1 aromatic heterocycles. The second kappa shape index (κ2) is 7.28. The van der Waals surface area contributed by atoms with Crippen molar-refractivity contribution >= 4 is 22.8 Å². The highest BCUT2D eigenvalue weighted by atomic mass is 19.1. The zero-order valence-electron chi connectivity index (χ0n) is 13.2. The summed E-state index contributed by atoms with van der Waals surface area (Å²) in [5.74, 6) is -1.20. The molecule has 1 heterocycles. The van der Waals surface area contributed by atoms with Crippen LogP contribution >= 0.6 is 0 Å². The van der Waals surface area contributed by atoms with Gasteiger partial charge in [-0.1, -0.05) is 13.8 Å². The molecule has 0 fully saturated rings. The summed E-state index contributed by atoms with van der Waals surface area (Å²) < 4.78 is 24.1. The molecular weight excluding hydrogens is 305 g/mol. The number of aromatic nitrogens is 1. The van der Waals surface area contributed by atoms with Crippen LogP contribution < -0.4 is 16.4 Å². The summed E-state index contributed by atoms with van der Waals surface area (Å²) in [5, 5.41) is 5.16. The highest BCUT2D eigenvalue weighted by Crippen LogP contribution is 2.20. The van der Waals surface area contributed by atoms with Gasteiger partial charge in [0.2, 0.25) is 0 Å². The van der Waals surface area contributed by atoms with Crippen molar-refractivity contribution in [3.05, 3.63) is 28.5 Å². The van der Waals surface area contributed by atoms with E-state index in [9.17, 15) is 14.0 Å². The van der Waals surface area contributed by atoms with E-state index in [1.165, 1.54) is 6.07 Å². The second-order valence-electron chi connectivity index (χ2n) is 5.45. The van der Waals surface area contributed by atoms with E-state index in [1.807, 2.05) is 20.8 Å². The maximum atomic E-state index is 14.0. The van der Waals surface area contributed by atoms with Gasteiger partial charge in [-0.15, -0.1) is 0 Å². The number of benzene rings is 1. The number of urea groups is 1. The predicted molar refractivity (Wildman–Crippen MR) is 84.1 cm³/mol. The third kappa shape index (κ3) is 4.32. The highest BCUT2D eigenvalue weighted by molar-refractivity contribution is 5.91. The number of oxazole rings is 1. The Morgan fingerprint density at radius 2 is 2.17 bits per heavy atom. The molecule has 0 aliphatic rings. The lowest BCUT2D eigenvalue weighted by Gasteiger charge is -2.22. The second-order valence-corrected chi connectivity index (χ2v) is 5.45. The fourth-order valence-electron chi connectivity index (χ4n) is 2.04. The van der Waals surface area contributed by atoms with Crippen LogP contribution in [0.25, 0.3) is 11.1 Å². The van der Waals surface area contributed by atoms with Gasteiger partial charge in [-0.25, -0.2) is 14.0 Å². The van der Waals surface area contributed by atoms with E-state index < -0.39 is 17.6 Å². The predicted octanol–water partition coefficient (Wildman–Crippen LogP) is 2.44. The molecule has 1 aromatic carbocycles. The molecule has 2 rings (SSSR count). The number of nitrogens with one attached hydrogen (secondary N) is 3. The first kappa shape index (κ1) is 17.0. The van der Waals surface area contributed by atoms with Crippen molar-refractivity contribution in [3.63, 3.8) is 0 Å². The Morgan fingerprint density at radius 1 is 1.43 bits per heavy atom. The van der Waals surface area contributed by atoms with E-state index in [4.69, 9.17) is 9.15 Å². The number of rotatable bonds is 6. The summed E-state index contributed by atoms with van der Waals surface area (Å²) in [4.78, 5) is 25.5. The molecule has 8 heteroatoms. The van der Waals surface area contributed by atoms with Crippen molar-refractivity contribution in [3.8, 4) is 0 Å². The molecule has 2 aromatic rings. The standard InChI is InChI=1S/C15H20FN3O4/c1-4-22-7-12(8(2)3)18-14(20)17-10-6-13-11(5-9(10)16)19-15(21)23-13/h5-6,8,12H,4,7H2,1-3H3,(H,19,21)(H2,17,18,20). The van der Waals surface area contributed by atoms with Crippen LogP contribution in [0.2, 0.25) is 0 Å². The Labute approximate surface area is 132 Å². The minimum atomic E-state index is -0.683. The average Bonchev–Trinajstić information content (AvgIpc) is 2.82. The number of ether oxygens (including phenoxy) is 1. The van der Waals surface area contributed by atoms with Crippen molar-refractivity contribution < 1.29 is 18.3 Å². The number of aromatic amines is 1. The SMILES string of the molecule is CCOCC(NC(=O)Nc1cc2oc(=O)[nH]c2cc1F)C(C)C. The maximum absolute atomic E-state index is 14.0. The van der Waals surface area contributed by atoms with Crippen molar-refractivity contribution in [2.75, 3.05) is 18.5 Å². The number of halogens is 1. The Bertz CT molecular complexity index is 738. The normalized spacial score (nSPS) is 12.6. The molecule has 23 heavy (non-hydrogen) atoms. The van der Waals surface area contributed by atoms with Crippen LogP contribution in [0, 0.1) is 11.7 Å². The Balaban J connectivity index is 2.09. The number of anilines is 1. The lowest BCUT2D eigenvalue weighted by molar-refractivity contribution is 0.111. The molecule has 126 valence electrons. The van der Waals surface area contributed by atoms with E-state index in [2.05, 4.69) is 15.6 Å². The minimum absolute atomic E-state index is 0.0725. The third-order valence-corrected chi connectivity index (χ3v) is 3.38. The maximum Gasteiger partial charge on any atom is 0.417 e.